The van der Waals surface area contributed by atoms with E-state index in [0.717, 1.165) is 11.3 Å². The minimum absolute atomic E-state index is 0.288. The van der Waals surface area contributed by atoms with Crippen molar-refractivity contribution in [3.05, 3.63) is 64.7 Å². The zero-order valence-electron chi connectivity index (χ0n) is 13.1. The smallest absolute Gasteiger partial charge is 0.183 e. The topological polar surface area (TPSA) is 18.5 Å². The van der Waals surface area contributed by atoms with Crippen molar-refractivity contribution in [1.82, 2.24) is 0 Å². The summed E-state index contributed by atoms with van der Waals surface area (Å²) < 4.78 is 10.5. The van der Waals surface area contributed by atoms with Gasteiger partial charge in [-0.25, -0.2) is 0 Å². The van der Waals surface area contributed by atoms with E-state index >= 15 is 0 Å². The summed E-state index contributed by atoms with van der Waals surface area (Å²) >= 11 is 1.84. The van der Waals surface area contributed by atoms with Gasteiger partial charge in [0, 0.05) is 30.4 Å². The van der Waals surface area contributed by atoms with E-state index in [1.54, 1.807) is 14.2 Å². The molecular weight excluding hydrogens is 280 g/mol. The standard InChI is InChI=1S/C18H22O2S/c1-13-9-14(2)11-15(10-13)12-21-17-7-5-16(6-8-17)18(19-3)20-4/h5-11,18H,12H2,1-4H3. The molecule has 0 aromatic heterocycles. The van der Waals surface area contributed by atoms with Gasteiger partial charge in [0.15, 0.2) is 6.29 Å². The van der Waals surface area contributed by atoms with Crippen LogP contribution in [0.25, 0.3) is 0 Å². The molecule has 0 bridgehead atoms. The summed E-state index contributed by atoms with van der Waals surface area (Å²) in [6.07, 6.45) is -0.288. The lowest BCUT2D eigenvalue weighted by molar-refractivity contribution is -0.106. The van der Waals surface area contributed by atoms with Crippen molar-refractivity contribution >= 4 is 11.8 Å². The quantitative estimate of drug-likeness (QED) is 0.559. The van der Waals surface area contributed by atoms with Gasteiger partial charge in [-0.1, -0.05) is 41.5 Å². The molecule has 0 unspecified atom stereocenters. The molecule has 21 heavy (non-hydrogen) atoms. The van der Waals surface area contributed by atoms with Crippen LogP contribution in [0.4, 0.5) is 0 Å². The summed E-state index contributed by atoms with van der Waals surface area (Å²) in [6, 6.07) is 15.1. The zero-order chi connectivity index (χ0) is 15.2. The molecule has 0 saturated heterocycles. The SMILES string of the molecule is COC(OC)c1ccc(SCc2cc(C)cc(C)c2)cc1. The Morgan fingerprint density at radius 2 is 1.48 bits per heavy atom. The Kier molecular flexibility index (Phi) is 5.85. The highest BCUT2D eigenvalue weighted by molar-refractivity contribution is 7.98. The summed E-state index contributed by atoms with van der Waals surface area (Å²) in [5.74, 6) is 0.986. The van der Waals surface area contributed by atoms with E-state index < -0.39 is 0 Å². The van der Waals surface area contributed by atoms with Gasteiger partial charge in [0.25, 0.3) is 0 Å². The number of benzene rings is 2. The van der Waals surface area contributed by atoms with Crippen molar-refractivity contribution in [3.8, 4) is 0 Å². The van der Waals surface area contributed by atoms with Crippen molar-refractivity contribution in [2.24, 2.45) is 0 Å². The highest BCUT2D eigenvalue weighted by Crippen LogP contribution is 2.26. The number of ether oxygens (including phenoxy) is 2. The second kappa shape index (κ2) is 7.64. The van der Waals surface area contributed by atoms with Gasteiger partial charge in [-0.2, -0.15) is 0 Å². The fourth-order valence-corrected chi connectivity index (χ4v) is 3.24. The minimum atomic E-state index is -0.288. The first-order valence-corrected chi connectivity index (χ1v) is 7.96. The third-order valence-corrected chi connectivity index (χ3v) is 4.35. The van der Waals surface area contributed by atoms with Crippen LogP contribution < -0.4 is 0 Å². The van der Waals surface area contributed by atoms with Gasteiger partial charge in [0.1, 0.15) is 0 Å². The summed E-state index contributed by atoms with van der Waals surface area (Å²) in [5, 5.41) is 0. The average Bonchev–Trinajstić information content (AvgIpc) is 2.47. The normalized spacial score (nSPS) is 11.1. The molecule has 0 atom stereocenters. The van der Waals surface area contributed by atoms with Crippen LogP contribution in [0.2, 0.25) is 0 Å². The Labute approximate surface area is 131 Å². The first kappa shape index (κ1) is 16.1. The highest BCUT2D eigenvalue weighted by atomic mass is 32.2. The van der Waals surface area contributed by atoms with Crippen LogP contribution >= 0.6 is 11.8 Å². The summed E-state index contributed by atoms with van der Waals surface area (Å²) in [6.45, 7) is 4.29. The van der Waals surface area contributed by atoms with Crippen molar-refractivity contribution in [2.75, 3.05) is 14.2 Å². The predicted octanol–water partition coefficient (Wildman–Crippen LogP) is 4.89. The van der Waals surface area contributed by atoms with Gasteiger partial charge in [-0.15, -0.1) is 11.8 Å². The van der Waals surface area contributed by atoms with Gasteiger partial charge in [0.05, 0.1) is 0 Å². The van der Waals surface area contributed by atoms with Crippen LogP contribution in [-0.4, -0.2) is 14.2 Å². The van der Waals surface area contributed by atoms with E-state index in [1.807, 2.05) is 11.8 Å². The maximum Gasteiger partial charge on any atom is 0.183 e. The van der Waals surface area contributed by atoms with E-state index in [4.69, 9.17) is 9.47 Å². The molecule has 0 amide bonds. The number of thioether (sulfide) groups is 1. The molecule has 0 N–H and O–H groups in total. The Balaban J connectivity index is 2.00. The van der Waals surface area contributed by atoms with Gasteiger partial charge in [-0.05, 0) is 31.5 Å². The first-order chi connectivity index (χ1) is 10.1. The van der Waals surface area contributed by atoms with Crippen molar-refractivity contribution in [1.29, 1.82) is 0 Å². The molecule has 0 heterocycles. The van der Waals surface area contributed by atoms with E-state index in [2.05, 4.69) is 56.3 Å². The molecule has 2 aromatic carbocycles. The van der Waals surface area contributed by atoms with Crippen LogP contribution in [-0.2, 0) is 15.2 Å². The molecular formula is C18H22O2S. The van der Waals surface area contributed by atoms with Crippen LogP contribution in [0, 0.1) is 13.8 Å². The monoisotopic (exact) mass is 302 g/mol. The molecule has 0 spiro atoms. The fourth-order valence-electron chi connectivity index (χ4n) is 2.41. The summed E-state index contributed by atoms with van der Waals surface area (Å²) in [5.41, 5.74) is 5.05. The Morgan fingerprint density at radius 3 is 2.00 bits per heavy atom. The van der Waals surface area contributed by atoms with E-state index in [9.17, 15) is 0 Å². The highest BCUT2D eigenvalue weighted by Gasteiger charge is 2.08. The van der Waals surface area contributed by atoms with E-state index in [-0.39, 0.29) is 6.29 Å². The summed E-state index contributed by atoms with van der Waals surface area (Å²) in [4.78, 5) is 1.25. The Morgan fingerprint density at radius 1 is 0.905 bits per heavy atom. The number of hydrogen-bond donors (Lipinski definition) is 0. The molecule has 0 aliphatic rings. The largest absolute Gasteiger partial charge is 0.352 e. The second-order valence-electron chi connectivity index (χ2n) is 5.16. The second-order valence-corrected chi connectivity index (χ2v) is 6.21. The van der Waals surface area contributed by atoms with Gasteiger partial charge in [-0.3, -0.25) is 0 Å². The molecule has 2 rings (SSSR count). The number of hydrogen-bond acceptors (Lipinski definition) is 3. The average molecular weight is 302 g/mol. The van der Waals surface area contributed by atoms with Crippen LogP contribution in [0.15, 0.2) is 47.4 Å². The zero-order valence-corrected chi connectivity index (χ0v) is 13.9. The molecule has 0 saturated carbocycles. The number of rotatable bonds is 6. The van der Waals surface area contributed by atoms with Gasteiger partial charge >= 0.3 is 0 Å². The maximum atomic E-state index is 5.25. The Hall–Kier alpha value is -1.29. The van der Waals surface area contributed by atoms with Gasteiger partial charge in [0.2, 0.25) is 0 Å². The molecule has 0 aliphatic carbocycles. The van der Waals surface area contributed by atoms with E-state index in [1.165, 1.54) is 21.6 Å². The lowest BCUT2D eigenvalue weighted by atomic mass is 10.1. The van der Waals surface area contributed by atoms with Crippen molar-refractivity contribution < 1.29 is 9.47 Å². The third kappa shape index (κ3) is 4.60. The summed E-state index contributed by atoms with van der Waals surface area (Å²) in [7, 11) is 3.30. The van der Waals surface area contributed by atoms with Crippen molar-refractivity contribution in [3.63, 3.8) is 0 Å². The predicted molar refractivity (Wildman–Crippen MR) is 88.7 cm³/mol. The van der Waals surface area contributed by atoms with E-state index in [0.29, 0.717) is 0 Å². The maximum absolute atomic E-state index is 5.25. The molecule has 3 heteroatoms. The van der Waals surface area contributed by atoms with Crippen LogP contribution in [0.1, 0.15) is 28.5 Å². The Bertz CT molecular complexity index is 554. The molecule has 0 fully saturated rings. The van der Waals surface area contributed by atoms with Crippen molar-refractivity contribution in [2.45, 2.75) is 30.8 Å². The molecule has 2 nitrogen and oxygen atoms in total. The van der Waals surface area contributed by atoms with Crippen LogP contribution in [0.3, 0.4) is 0 Å². The number of aryl methyl sites for hydroxylation is 2. The molecule has 2 aromatic rings. The van der Waals surface area contributed by atoms with Crippen LogP contribution in [0.5, 0.6) is 0 Å². The van der Waals surface area contributed by atoms with Gasteiger partial charge < -0.3 is 9.47 Å². The molecule has 112 valence electrons. The molecule has 0 radical (unpaired) electrons. The fraction of sp³-hybridized carbons (Fsp3) is 0.333. The third-order valence-electron chi connectivity index (χ3n) is 3.27. The number of methoxy groups -OCH3 is 2. The molecule has 0 aliphatic heterocycles. The lowest BCUT2D eigenvalue weighted by Crippen LogP contribution is -2.02. The first-order valence-electron chi connectivity index (χ1n) is 6.98. The minimum Gasteiger partial charge on any atom is -0.352 e. The lowest BCUT2D eigenvalue weighted by Gasteiger charge is -2.13.